The van der Waals surface area contributed by atoms with Gasteiger partial charge in [-0.25, -0.2) is 4.98 Å². The topological polar surface area (TPSA) is 90.3 Å². The van der Waals surface area contributed by atoms with Gasteiger partial charge in [-0.2, -0.15) is 0 Å². The molecule has 0 fully saturated rings. The molecule has 0 unspecified atom stereocenters. The molecule has 0 atom stereocenters. The summed E-state index contributed by atoms with van der Waals surface area (Å²) in [5.41, 5.74) is 1.24. The number of methoxy groups -OCH3 is 1. The number of nitrogens with one attached hydrogen (secondary N) is 1. The summed E-state index contributed by atoms with van der Waals surface area (Å²) in [5.74, 6) is -0.222. The Morgan fingerprint density at radius 2 is 2.03 bits per heavy atom. The molecule has 1 aliphatic carbocycles. The minimum absolute atomic E-state index is 0.0430. The molecule has 0 radical (unpaired) electrons. The Morgan fingerprint density at radius 3 is 2.81 bits per heavy atom. The van der Waals surface area contributed by atoms with Gasteiger partial charge in [0, 0.05) is 24.4 Å². The number of carbonyl (C=O) groups excluding carboxylic acids is 2. The third-order valence-corrected chi connectivity index (χ3v) is 7.63. The number of thioether (sulfide) groups is 1. The van der Waals surface area contributed by atoms with E-state index in [1.165, 1.54) is 35.7 Å². The molecule has 0 aliphatic heterocycles. The highest BCUT2D eigenvalue weighted by molar-refractivity contribution is 7.99. The van der Waals surface area contributed by atoms with Crippen molar-refractivity contribution in [3.8, 4) is 0 Å². The second-order valence-corrected chi connectivity index (χ2v) is 9.79. The molecule has 3 rings (SSSR count). The van der Waals surface area contributed by atoms with E-state index in [4.69, 9.17) is 4.98 Å². The van der Waals surface area contributed by atoms with Crippen LogP contribution in [0.5, 0.6) is 0 Å². The summed E-state index contributed by atoms with van der Waals surface area (Å²) in [6.07, 6.45) is 8.15. The molecule has 2 aromatic rings. The quantitative estimate of drug-likeness (QED) is 0.236. The maximum atomic E-state index is 13.4. The zero-order valence-corrected chi connectivity index (χ0v) is 20.0. The number of ether oxygens (including phenoxy) is 1. The average molecular weight is 466 g/mol. The maximum absolute atomic E-state index is 13.4. The zero-order valence-electron chi connectivity index (χ0n) is 18.3. The normalized spacial score (nSPS) is 13.2. The Balaban J connectivity index is 1.73. The van der Waals surface area contributed by atoms with Crippen molar-refractivity contribution in [1.82, 2.24) is 14.9 Å². The molecule has 0 aromatic carbocycles. The molecule has 2 aromatic heterocycles. The van der Waals surface area contributed by atoms with Crippen molar-refractivity contribution in [3.63, 3.8) is 0 Å². The molecule has 31 heavy (non-hydrogen) atoms. The fraction of sp³-hybridized carbons (Fsp3) is 0.636. The summed E-state index contributed by atoms with van der Waals surface area (Å²) in [4.78, 5) is 43.7. The first-order chi connectivity index (χ1) is 15.0. The molecule has 0 spiro atoms. The van der Waals surface area contributed by atoms with Crippen LogP contribution in [0.4, 0.5) is 0 Å². The molecule has 0 saturated heterocycles. The number of fused-ring (bicyclic) bond motifs is 3. The van der Waals surface area contributed by atoms with Crippen LogP contribution in [-0.2, 0) is 33.7 Å². The number of aryl methyl sites for hydroxylation is 2. The fourth-order valence-corrected chi connectivity index (χ4v) is 5.95. The highest BCUT2D eigenvalue weighted by Gasteiger charge is 2.22. The van der Waals surface area contributed by atoms with Crippen molar-refractivity contribution < 1.29 is 14.3 Å². The van der Waals surface area contributed by atoms with Gasteiger partial charge in [0.15, 0.2) is 5.16 Å². The molecule has 0 saturated carbocycles. The van der Waals surface area contributed by atoms with E-state index in [9.17, 15) is 14.4 Å². The van der Waals surface area contributed by atoms with Crippen molar-refractivity contribution in [2.75, 3.05) is 19.4 Å². The van der Waals surface area contributed by atoms with E-state index in [1.54, 1.807) is 15.9 Å². The maximum Gasteiger partial charge on any atom is 0.305 e. The van der Waals surface area contributed by atoms with Crippen LogP contribution in [0.25, 0.3) is 10.2 Å². The van der Waals surface area contributed by atoms with Gasteiger partial charge in [0.25, 0.3) is 5.56 Å². The summed E-state index contributed by atoms with van der Waals surface area (Å²) in [6, 6.07) is 0. The largest absolute Gasteiger partial charge is 0.469 e. The van der Waals surface area contributed by atoms with Crippen LogP contribution in [-0.4, -0.2) is 40.8 Å². The van der Waals surface area contributed by atoms with Crippen LogP contribution in [0.1, 0.15) is 62.3 Å². The van der Waals surface area contributed by atoms with Gasteiger partial charge in [-0.15, -0.1) is 11.3 Å². The second kappa shape index (κ2) is 11.7. The Kier molecular flexibility index (Phi) is 8.95. The van der Waals surface area contributed by atoms with E-state index in [-0.39, 0.29) is 29.6 Å². The number of nitrogens with zero attached hydrogens (tertiary/aromatic N) is 2. The third kappa shape index (κ3) is 6.10. The smallest absolute Gasteiger partial charge is 0.305 e. The Hall–Kier alpha value is -1.87. The summed E-state index contributed by atoms with van der Waals surface area (Å²) in [7, 11) is 1.35. The van der Waals surface area contributed by atoms with Gasteiger partial charge in [0.1, 0.15) is 4.83 Å². The molecule has 0 bridgehead atoms. The van der Waals surface area contributed by atoms with Crippen molar-refractivity contribution >= 4 is 45.2 Å². The van der Waals surface area contributed by atoms with Crippen LogP contribution in [0.3, 0.4) is 0 Å². The molecule has 1 amide bonds. The van der Waals surface area contributed by atoms with Crippen molar-refractivity contribution in [3.05, 3.63) is 20.8 Å². The molecule has 7 nitrogen and oxygen atoms in total. The lowest BCUT2D eigenvalue weighted by molar-refractivity contribution is -0.140. The standard InChI is InChI=1S/C22H31N3O4S2/c1-3-4-7-13-25-21(28)19-15-9-5-6-10-16(15)31-20(19)24-22(25)30-14-17(26)23-12-8-11-18(27)29-2/h3-14H2,1-2H3,(H,23,26). The predicted molar refractivity (Wildman–Crippen MR) is 125 cm³/mol. The number of hydrogen-bond acceptors (Lipinski definition) is 7. The summed E-state index contributed by atoms with van der Waals surface area (Å²) >= 11 is 2.95. The number of thiophene rings is 1. The highest BCUT2D eigenvalue weighted by atomic mass is 32.2. The van der Waals surface area contributed by atoms with E-state index >= 15 is 0 Å². The van der Waals surface area contributed by atoms with Crippen LogP contribution < -0.4 is 10.9 Å². The predicted octanol–water partition coefficient (Wildman–Crippen LogP) is 3.69. The first-order valence-electron chi connectivity index (χ1n) is 11.1. The van der Waals surface area contributed by atoms with Gasteiger partial charge in [-0.3, -0.25) is 19.0 Å². The monoisotopic (exact) mass is 465 g/mol. The van der Waals surface area contributed by atoms with E-state index in [0.717, 1.165) is 48.7 Å². The van der Waals surface area contributed by atoms with Gasteiger partial charge in [0.05, 0.1) is 18.2 Å². The molecular formula is C22H31N3O4S2. The van der Waals surface area contributed by atoms with Crippen LogP contribution in [0.2, 0.25) is 0 Å². The molecular weight excluding hydrogens is 434 g/mol. The van der Waals surface area contributed by atoms with Gasteiger partial charge < -0.3 is 10.1 Å². The Labute approximate surface area is 191 Å². The second-order valence-electron chi connectivity index (χ2n) is 7.77. The van der Waals surface area contributed by atoms with Gasteiger partial charge in [-0.05, 0) is 44.1 Å². The van der Waals surface area contributed by atoms with E-state index in [1.807, 2.05) is 0 Å². The van der Waals surface area contributed by atoms with Crippen molar-refractivity contribution in [2.45, 2.75) is 76.4 Å². The number of esters is 1. The third-order valence-electron chi connectivity index (χ3n) is 5.46. The fourth-order valence-electron chi connectivity index (χ4n) is 3.79. The Morgan fingerprint density at radius 1 is 1.23 bits per heavy atom. The first kappa shape index (κ1) is 23.8. The number of amides is 1. The van der Waals surface area contributed by atoms with Crippen molar-refractivity contribution in [1.29, 1.82) is 0 Å². The van der Waals surface area contributed by atoms with Crippen LogP contribution >= 0.6 is 23.1 Å². The lowest BCUT2D eigenvalue weighted by Crippen LogP contribution is -2.28. The molecule has 170 valence electrons. The number of hydrogen-bond donors (Lipinski definition) is 1. The number of aromatic nitrogens is 2. The number of rotatable bonds is 11. The first-order valence-corrected chi connectivity index (χ1v) is 12.9. The van der Waals surface area contributed by atoms with Gasteiger partial charge in [0.2, 0.25) is 5.91 Å². The minimum atomic E-state index is -0.282. The van der Waals surface area contributed by atoms with Gasteiger partial charge >= 0.3 is 5.97 Å². The van der Waals surface area contributed by atoms with E-state index in [0.29, 0.717) is 24.7 Å². The SMILES string of the molecule is CCCCCn1c(SCC(=O)NCCCC(=O)OC)nc2sc3c(c2c1=O)CCCC3. The van der Waals surface area contributed by atoms with Gasteiger partial charge in [-0.1, -0.05) is 31.5 Å². The molecule has 1 N–H and O–H groups in total. The summed E-state index contributed by atoms with van der Waals surface area (Å²) in [5, 5.41) is 4.24. The molecule has 1 aliphatic rings. The minimum Gasteiger partial charge on any atom is -0.469 e. The van der Waals surface area contributed by atoms with Crippen LogP contribution in [0, 0.1) is 0 Å². The average Bonchev–Trinajstić information content (AvgIpc) is 3.15. The lowest BCUT2D eigenvalue weighted by Gasteiger charge is -2.13. The molecule has 9 heteroatoms. The Bertz CT molecular complexity index is 983. The number of carbonyl (C=O) groups is 2. The number of unbranched alkanes of at least 4 members (excludes halogenated alkanes) is 2. The summed E-state index contributed by atoms with van der Waals surface area (Å²) < 4.78 is 6.37. The van der Waals surface area contributed by atoms with E-state index in [2.05, 4.69) is 17.0 Å². The highest BCUT2D eigenvalue weighted by Crippen LogP contribution is 2.34. The zero-order chi connectivity index (χ0) is 22.2. The van der Waals surface area contributed by atoms with Crippen LogP contribution in [0.15, 0.2) is 9.95 Å². The van der Waals surface area contributed by atoms with Crippen molar-refractivity contribution in [2.24, 2.45) is 0 Å². The summed E-state index contributed by atoms with van der Waals surface area (Å²) in [6.45, 7) is 3.19. The lowest BCUT2D eigenvalue weighted by atomic mass is 9.97. The van der Waals surface area contributed by atoms with E-state index < -0.39 is 0 Å². The molecule has 2 heterocycles.